The summed E-state index contributed by atoms with van der Waals surface area (Å²) in [7, 11) is 0. The lowest BCUT2D eigenvalue weighted by molar-refractivity contribution is -0.0190. The fourth-order valence-electron chi connectivity index (χ4n) is 4.04. The number of fused-ring (bicyclic) bond motifs is 3. The van der Waals surface area contributed by atoms with Crippen molar-refractivity contribution >= 4 is 5.71 Å². The van der Waals surface area contributed by atoms with Gasteiger partial charge in [-0.2, -0.15) is 5.10 Å². The Hall–Kier alpha value is -3.01. The summed E-state index contributed by atoms with van der Waals surface area (Å²) >= 11 is 0. The van der Waals surface area contributed by atoms with E-state index in [4.69, 9.17) is 14.3 Å². The highest BCUT2D eigenvalue weighted by atomic mass is 16.5. The minimum absolute atomic E-state index is 0.153. The number of ether oxygens (including phenoxy) is 1. The monoisotopic (exact) mass is 372 g/mol. The molecule has 4 heteroatoms. The van der Waals surface area contributed by atoms with Gasteiger partial charge in [-0.05, 0) is 36.6 Å². The lowest BCUT2D eigenvalue weighted by Gasteiger charge is -2.38. The minimum Gasteiger partial charge on any atom is -0.464 e. The molecule has 2 aliphatic heterocycles. The molecule has 2 aromatic carbocycles. The molecule has 2 aliphatic rings. The van der Waals surface area contributed by atoms with Gasteiger partial charge in [-0.25, -0.2) is 5.01 Å². The average molecular weight is 372 g/mol. The third-order valence-electron chi connectivity index (χ3n) is 5.61. The molecular formula is C24H24N2O2. The molecule has 0 bridgehead atoms. The van der Waals surface area contributed by atoms with Gasteiger partial charge in [0.05, 0.1) is 6.04 Å². The molecule has 0 radical (unpaired) electrons. The van der Waals surface area contributed by atoms with E-state index in [9.17, 15) is 0 Å². The maximum atomic E-state index is 6.41. The smallest absolute Gasteiger partial charge is 0.213 e. The molecule has 0 fully saturated rings. The molecule has 1 aromatic heterocycles. The van der Waals surface area contributed by atoms with Crippen molar-refractivity contribution in [1.29, 1.82) is 0 Å². The summed E-state index contributed by atoms with van der Waals surface area (Å²) in [6.45, 7) is 6.38. The van der Waals surface area contributed by atoms with E-state index in [-0.39, 0.29) is 12.3 Å². The highest BCUT2D eigenvalue weighted by Gasteiger charge is 2.41. The lowest BCUT2D eigenvalue weighted by atomic mass is 9.96. The zero-order valence-electron chi connectivity index (χ0n) is 16.4. The molecule has 4 nitrogen and oxygen atoms in total. The number of rotatable bonds is 3. The van der Waals surface area contributed by atoms with Crippen LogP contribution < -0.4 is 4.74 Å². The van der Waals surface area contributed by atoms with Gasteiger partial charge in [-0.1, -0.05) is 56.3 Å². The summed E-state index contributed by atoms with van der Waals surface area (Å²) in [5.41, 5.74) is 4.60. The van der Waals surface area contributed by atoms with E-state index in [1.54, 1.807) is 0 Å². The van der Waals surface area contributed by atoms with E-state index in [1.165, 1.54) is 11.1 Å². The Bertz CT molecular complexity index is 1030. The van der Waals surface area contributed by atoms with E-state index in [0.717, 1.165) is 35.0 Å². The van der Waals surface area contributed by atoms with Gasteiger partial charge in [0, 0.05) is 17.5 Å². The van der Waals surface area contributed by atoms with Crippen LogP contribution >= 0.6 is 0 Å². The Kier molecular flexibility index (Phi) is 4.00. The van der Waals surface area contributed by atoms with E-state index in [1.807, 2.05) is 25.1 Å². The molecule has 142 valence electrons. The van der Waals surface area contributed by atoms with Crippen molar-refractivity contribution in [1.82, 2.24) is 5.01 Å². The van der Waals surface area contributed by atoms with E-state index in [0.29, 0.717) is 5.92 Å². The van der Waals surface area contributed by atoms with Crippen LogP contribution in [0.4, 0.5) is 0 Å². The lowest BCUT2D eigenvalue weighted by Crippen LogP contribution is -2.33. The Morgan fingerprint density at radius 3 is 2.50 bits per heavy atom. The number of hydrogen-bond donors (Lipinski definition) is 0. The Labute approximate surface area is 165 Å². The standard InChI is InChI=1S/C24H24N2O2/c1-15(2)17-9-11-18(12-10-17)24-26-21(19-6-4-5-7-22(19)28-24)14-20(25-26)23-13-8-16(3)27-23/h4-13,15,21,24H,14H2,1-3H3/t21-,24+/m1/s1. The summed E-state index contributed by atoms with van der Waals surface area (Å²) in [5, 5.41) is 7.04. The van der Waals surface area contributed by atoms with Crippen LogP contribution in [0.5, 0.6) is 5.75 Å². The number of benzene rings is 2. The van der Waals surface area contributed by atoms with Gasteiger partial charge in [0.1, 0.15) is 23.0 Å². The number of nitrogens with zero attached hydrogens (tertiary/aromatic N) is 2. The van der Waals surface area contributed by atoms with Crippen LogP contribution in [0.25, 0.3) is 0 Å². The first-order valence-corrected chi connectivity index (χ1v) is 9.88. The first-order valence-electron chi connectivity index (χ1n) is 9.88. The van der Waals surface area contributed by atoms with Crippen molar-refractivity contribution in [2.75, 3.05) is 0 Å². The maximum Gasteiger partial charge on any atom is 0.213 e. The molecule has 0 N–H and O–H groups in total. The molecule has 2 atom stereocenters. The van der Waals surface area contributed by atoms with Crippen LogP contribution in [-0.2, 0) is 0 Å². The van der Waals surface area contributed by atoms with Crippen molar-refractivity contribution in [3.8, 4) is 5.75 Å². The Morgan fingerprint density at radius 1 is 1.00 bits per heavy atom. The zero-order valence-corrected chi connectivity index (χ0v) is 16.4. The second-order valence-corrected chi connectivity index (χ2v) is 7.89. The second-order valence-electron chi connectivity index (χ2n) is 7.89. The van der Waals surface area contributed by atoms with Crippen molar-refractivity contribution in [3.05, 3.63) is 88.9 Å². The largest absolute Gasteiger partial charge is 0.464 e. The van der Waals surface area contributed by atoms with Gasteiger partial charge in [0.25, 0.3) is 0 Å². The molecule has 3 heterocycles. The van der Waals surface area contributed by atoms with Crippen LogP contribution in [0.3, 0.4) is 0 Å². The van der Waals surface area contributed by atoms with Gasteiger partial charge in [-0.15, -0.1) is 0 Å². The zero-order chi connectivity index (χ0) is 19.3. The van der Waals surface area contributed by atoms with Crippen molar-refractivity contribution < 1.29 is 9.15 Å². The third kappa shape index (κ3) is 2.80. The molecule has 0 amide bonds. The van der Waals surface area contributed by atoms with E-state index >= 15 is 0 Å². The van der Waals surface area contributed by atoms with Crippen LogP contribution in [0.15, 0.2) is 70.2 Å². The fraction of sp³-hybridized carbons (Fsp3) is 0.292. The van der Waals surface area contributed by atoms with E-state index in [2.05, 4.69) is 61.3 Å². The maximum absolute atomic E-state index is 6.41. The predicted octanol–water partition coefficient (Wildman–Crippen LogP) is 5.95. The van der Waals surface area contributed by atoms with Gasteiger partial charge in [0.15, 0.2) is 0 Å². The molecule has 0 saturated heterocycles. The number of aryl methyl sites for hydroxylation is 1. The third-order valence-corrected chi connectivity index (χ3v) is 5.61. The predicted molar refractivity (Wildman–Crippen MR) is 110 cm³/mol. The Morgan fingerprint density at radius 2 is 1.79 bits per heavy atom. The topological polar surface area (TPSA) is 38.0 Å². The number of furan rings is 1. The van der Waals surface area contributed by atoms with Gasteiger partial charge >= 0.3 is 0 Å². The van der Waals surface area contributed by atoms with Gasteiger partial charge in [0.2, 0.25) is 6.23 Å². The number of para-hydroxylation sites is 1. The van der Waals surface area contributed by atoms with Gasteiger partial charge < -0.3 is 9.15 Å². The Balaban J connectivity index is 1.56. The molecule has 0 spiro atoms. The molecule has 28 heavy (non-hydrogen) atoms. The van der Waals surface area contributed by atoms with Crippen LogP contribution in [0.1, 0.15) is 66.7 Å². The number of hydrogen-bond acceptors (Lipinski definition) is 4. The summed E-state index contributed by atoms with van der Waals surface area (Å²) in [6, 6.07) is 21.1. The SMILES string of the molecule is Cc1ccc(C2=NN3[C@H](C2)c2ccccc2O[C@H]3c2ccc(C(C)C)cc2)o1. The van der Waals surface area contributed by atoms with Crippen molar-refractivity contribution in [2.45, 2.75) is 45.4 Å². The summed E-state index contributed by atoms with van der Waals surface area (Å²) < 4.78 is 12.3. The van der Waals surface area contributed by atoms with E-state index < -0.39 is 0 Å². The average Bonchev–Trinajstić information content (AvgIpc) is 3.34. The molecule has 0 aliphatic carbocycles. The molecule has 0 saturated carbocycles. The molecule has 5 rings (SSSR count). The van der Waals surface area contributed by atoms with Crippen LogP contribution in [-0.4, -0.2) is 10.7 Å². The normalized spacial score (nSPS) is 20.6. The molecular weight excluding hydrogens is 348 g/mol. The van der Waals surface area contributed by atoms with Gasteiger partial charge in [-0.3, -0.25) is 0 Å². The highest BCUT2D eigenvalue weighted by molar-refractivity contribution is 5.99. The highest BCUT2D eigenvalue weighted by Crippen LogP contribution is 2.47. The number of hydrazone groups is 1. The first kappa shape index (κ1) is 17.1. The first-order chi connectivity index (χ1) is 13.6. The fourth-order valence-corrected chi connectivity index (χ4v) is 4.04. The minimum atomic E-state index is -0.241. The van der Waals surface area contributed by atoms with Crippen molar-refractivity contribution in [2.24, 2.45) is 5.10 Å². The summed E-state index contributed by atoms with van der Waals surface area (Å²) in [4.78, 5) is 0. The summed E-state index contributed by atoms with van der Waals surface area (Å²) in [6.07, 6.45) is 0.572. The quantitative estimate of drug-likeness (QED) is 0.570. The molecule has 3 aromatic rings. The second kappa shape index (κ2) is 6.55. The van der Waals surface area contributed by atoms with Crippen molar-refractivity contribution in [3.63, 3.8) is 0 Å². The molecule has 0 unspecified atom stereocenters. The summed E-state index contributed by atoms with van der Waals surface area (Å²) in [5.74, 6) is 3.19. The van der Waals surface area contributed by atoms with Crippen LogP contribution in [0, 0.1) is 6.92 Å². The van der Waals surface area contributed by atoms with Crippen LogP contribution in [0.2, 0.25) is 0 Å².